The van der Waals surface area contributed by atoms with E-state index >= 15 is 0 Å². The Bertz CT molecular complexity index is 1250. The minimum absolute atomic E-state index is 0.0612. The third kappa shape index (κ3) is 6.71. The molecule has 3 aromatic carbocycles. The number of hydrogen-bond donors (Lipinski definition) is 0. The average Bonchev–Trinajstić information content (AvgIpc) is 2.90. The van der Waals surface area contributed by atoms with Crippen molar-refractivity contribution in [1.29, 1.82) is 0 Å². The number of benzene rings is 3. The molecule has 0 bridgehead atoms. The fourth-order valence-corrected chi connectivity index (χ4v) is 3.46. The normalized spacial score (nSPS) is 10.4. The van der Waals surface area contributed by atoms with Gasteiger partial charge in [-0.25, -0.2) is 14.0 Å². The van der Waals surface area contributed by atoms with Crippen molar-refractivity contribution in [1.82, 2.24) is 0 Å². The van der Waals surface area contributed by atoms with Crippen molar-refractivity contribution >= 4 is 11.9 Å². The number of ether oxygens (including phenoxy) is 4. The summed E-state index contributed by atoms with van der Waals surface area (Å²) < 4.78 is 36.4. The van der Waals surface area contributed by atoms with Crippen LogP contribution in [0, 0.1) is 18.2 Å². The highest BCUT2D eigenvalue weighted by Gasteiger charge is 2.21. The molecule has 3 rings (SSSR count). The molecule has 0 aliphatic carbocycles. The highest BCUT2D eigenvalue weighted by atomic mass is 19.1. The van der Waals surface area contributed by atoms with E-state index in [0.717, 1.165) is 5.56 Å². The molecule has 0 saturated heterocycles. The molecule has 36 heavy (non-hydrogen) atoms. The summed E-state index contributed by atoms with van der Waals surface area (Å²) >= 11 is 0. The predicted molar refractivity (Wildman–Crippen MR) is 133 cm³/mol. The molecule has 0 spiro atoms. The van der Waals surface area contributed by atoms with Crippen molar-refractivity contribution < 1.29 is 32.9 Å². The van der Waals surface area contributed by atoms with Crippen LogP contribution in [0.4, 0.5) is 4.39 Å². The Morgan fingerprint density at radius 3 is 2.42 bits per heavy atom. The molecule has 0 unspecified atom stereocenters. The van der Waals surface area contributed by atoms with E-state index in [1.165, 1.54) is 30.3 Å². The van der Waals surface area contributed by atoms with Crippen LogP contribution in [0.25, 0.3) is 11.1 Å². The van der Waals surface area contributed by atoms with Gasteiger partial charge in [0.25, 0.3) is 0 Å². The van der Waals surface area contributed by atoms with E-state index in [0.29, 0.717) is 18.6 Å². The van der Waals surface area contributed by atoms with Gasteiger partial charge in [-0.2, -0.15) is 0 Å². The zero-order valence-corrected chi connectivity index (χ0v) is 20.2. The van der Waals surface area contributed by atoms with Crippen molar-refractivity contribution in [2.24, 2.45) is 0 Å². The van der Waals surface area contributed by atoms with Crippen molar-refractivity contribution in [2.45, 2.75) is 20.0 Å². The largest absolute Gasteiger partial charge is 0.493 e. The number of halogens is 1. The molecule has 0 heterocycles. The molecule has 0 aliphatic heterocycles. The minimum atomic E-state index is -0.638. The highest BCUT2D eigenvalue weighted by molar-refractivity contribution is 5.95. The summed E-state index contributed by atoms with van der Waals surface area (Å²) in [6.45, 7) is 2.62. The number of terminal acetylenes is 1. The van der Waals surface area contributed by atoms with E-state index in [-0.39, 0.29) is 47.8 Å². The quantitative estimate of drug-likeness (QED) is 0.203. The standard InChI is InChI=1S/C29H27FO6/c1-4-21-16-25(24-17-22(12-13-26(24)30)28(31)34-5-2)27(35-15-9-14-33-3)18-23(21)29(32)36-19-20-10-7-6-8-11-20/h1,6-8,10-13,16-18H,5,9,14-15,19H2,2-3H3. The van der Waals surface area contributed by atoms with Gasteiger partial charge in [-0.3, -0.25) is 0 Å². The molecule has 3 aromatic rings. The topological polar surface area (TPSA) is 71.1 Å². The van der Waals surface area contributed by atoms with Gasteiger partial charge < -0.3 is 18.9 Å². The smallest absolute Gasteiger partial charge is 0.339 e. The predicted octanol–water partition coefficient (Wildman–Crippen LogP) is 5.42. The Labute approximate surface area is 210 Å². The minimum Gasteiger partial charge on any atom is -0.493 e. The summed E-state index contributed by atoms with van der Waals surface area (Å²) in [5, 5.41) is 0. The molecule has 0 radical (unpaired) electrons. The molecule has 7 heteroatoms. The van der Waals surface area contributed by atoms with Crippen molar-refractivity contribution in [2.75, 3.05) is 26.9 Å². The fraction of sp³-hybridized carbons (Fsp3) is 0.241. The van der Waals surface area contributed by atoms with Gasteiger partial charge in [0.2, 0.25) is 0 Å². The molecule has 0 N–H and O–H groups in total. The zero-order chi connectivity index (χ0) is 25.9. The van der Waals surface area contributed by atoms with E-state index in [9.17, 15) is 14.0 Å². The van der Waals surface area contributed by atoms with E-state index in [1.807, 2.05) is 30.3 Å². The van der Waals surface area contributed by atoms with Gasteiger partial charge in [0, 0.05) is 36.8 Å². The van der Waals surface area contributed by atoms with Gasteiger partial charge in [-0.15, -0.1) is 6.42 Å². The Hall–Kier alpha value is -4.15. The lowest BCUT2D eigenvalue weighted by Gasteiger charge is -2.16. The Morgan fingerprint density at radius 1 is 0.944 bits per heavy atom. The SMILES string of the molecule is C#Cc1cc(-c2cc(C(=O)OCC)ccc2F)c(OCCCOC)cc1C(=O)OCc1ccccc1. The molecule has 0 aliphatic rings. The summed E-state index contributed by atoms with van der Waals surface area (Å²) in [5.74, 6) is 0.882. The fourth-order valence-electron chi connectivity index (χ4n) is 3.46. The van der Waals surface area contributed by atoms with E-state index in [1.54, 1.807) is 14.0 Å². The second-order valence-electron chi connectivity index (χ2n) is 7.71. The summed E-state index contributed by atoms with van der Waals surface area (Å²) in [4.78, 5) is 25.2. The maximum absolute atomic E-state index is 15.0. The van der Waals surface area contributed by atoms with Crippen molar-refractivity contribution in [3.05, 3.63) is 88.7 Å². The first-order valence-corrected chi connectivity index (χ1v) is 11.4. The number of carbonyl (C=O) groups excluding carboxylic acids is 2. The molecule has 0 saturated carbocycles. The van der Waals surface area contributed by atoms with Crippen LogP contribution in [0.5, 0.6) is 5.75 Å². The molecule has 0 fully saturated rings. The summed E-state index contributed by atoms with van der Waals surface area (Å²) in [6, 6.07) is 16.0. The third-order valence-electron chi connectivity index (χ3n) is 5.23. The van der Waals surface area contributed by atoms with E-state index < -0.39 is 17.8 Å². The molecule has 0 aromatic heterocycles. The van der Waals surface area contributed by atoms with Crippen molar-refractivity contribution in [3.63, 3.8) is 0 Å². The van der Waals surface area contributed by atoms with Crippen LogP contribution >= 0.6 is 0 Å². The lowest BCUT2D eigenvalue weighted by Crippen LogP contribution is -2.10. The van der Waals surface area contributed by atoms with Gasteiger partial charge >= 0.3 is 11.9 Å². The van der Waals surface area contributed by atoms with E-state index in [4.69, 9.17) is 25.4 Å². The summed E-state index contributed by atoms with van der Waals surface area (Å²) in [5.41, 5.74) is 1.69. The number of hydrogen-bond acceptors (Lipinski definition) is 6. The summed E-state index contributed by atoms with van der Waals surface area (Å²) in [7, 11) is 1.57. The van der Waals surface area contributed by atoms with Gasteiger partial charge in [-0.1, -0.05) is 36.3 Å². The molecule has 0 amide bonds. The Balaban J connectivity index is 2.02. The van der Waals surface area contributed by atoms with Crippen LogP contribution in [0.3, 0.4) is 0 Å². The monoisotopic (exact) mass is 490 g/mol. The van der Waals surface area contributed by atoms with Crippen molar-refractivity contribution in [3.8, 4) is 29.2 Å². The highest BCUT2D eigenvalue weighted by Crippen LogP contribution is 2.36. The molecular formula is C29H27FO6. The summed E-state index contributed by atoms with van der Waals surface area (Å²) in [6.07, 6.45) is 6.27. The first kappa shape index (κ1) is 26.5. The van der Waals surface area contributed by atoms with Crippen LogP contribution < -0.4 is 4.74 Å². The van der Waals surface area contributed by atoms with Gasteiger partial charge in [-0.05, 0) is 42.8 Å². The number of esters is 2. The second kappa shape index (κ2) is 13.1. The molecule has 186 valence electrons. The molecule has 6 nitrogen and oxygen atoms in total. The van der Waals surface area contributed by atoms with E-state index in [2.05, 4.69) is 5.92 Å². The lowest BCUT2D eigenvalue weighted by atomic mass is 9.96. The third-order valence-corrected chi connectivity index (χ3v) is 5.23. The molecular weight excluding hydrogens is 463 g/mol. The number of methoxy groups -OCH3 is 1. The van der Waals surface area contributed by atoms with Gasteiger partial charge in [0.05, 0.1) is 24.3 Å². The van der Waals surface area contributed by atoms with Gasteiger partial charge in [0.15, 0.2) is 0 Å². The lowest BCUT2D eigenvalue weighted by molar-refractivity contribution is 0.0470. The average molecular weight is 491 g/mol. The maximum atomic E-state index is 15.0. The zero-order valence-electron chi connectivity index (χ0n) is 20.2. The first-order chi connectivity index (χ1) is 17.5. The van der Waals surface area contributed by atoms with Crippen LogP contribution in [0.2, 0.25) is 0 Å². The molecule has 0 atom stereocenters. The maximum Gasteiger partial charge on any atom is 0.339 e. The number of carbonyl (C=O) groups is 2. The first-order valence-electron chi connectivity index (χ1n) is 11.4. The second-order valence-corrected chi connectivity index (χ2v) is 7.71. The van der Waals surface area contributed by atoms with Crippen LogP contribution in [0.1, 0.15) is 45.2 Å². The Morgan fingerprint density at radius 2 is 1.72 bits per heavy atom. The number of rotatable bonds is 11. The Kier molecular flexibility index (Phi) is 9.61. The van der Waals surface area contributed by atoms with Gasteiger partial charge in [0.1, 0.15) is 18.2 Å². The van der Waals surface area contributed by atoms with Crippen LogP contribution in [0.15, 0.2) is 60.7 Å². The van der Waals surface area contributed by atoms with Crippen LogP contribution in [-0.2, 0) is 20.8 Å². The van der Waals surface area contributed by atoms with Crippen LogP contribution in [-0.4, -0.2) is 38.9 Å².